The van der Waals surface area contributed by atoms with E-state index < -0.39 is 5.79 Å². The lowest BCUT2D eigenvalue weighted by molar-refractivity contribution is -0.113. The Labute approximate surface area is 198 Å². The fraction of sp³-hybridized carbons (Fsp3) is 0.609. The summed E-state index contributed by atoms with van der Waals surface area (Å²) in [5, 5.41) is 12.5. The maximum Gasteiger partial charge on any atom is 0.251 e. The van der Waals surface area contributed by atoms with Gasteiger partial charge in [0.2, 0.25) is 11.9 Å². The molecule has 0 radical (unpaired) electrons. The number of morpholine rings is 1. The van der Waals surface area contributed by atoms with Crippen LogP contribution in [0.2, 0.25) is 0 Å². The van der Waals surface area contributed by atoms with Gasteiger partial charge in [0, 0.05) is 44.2 Å². The number of anilines is 2. The van der Waals surface area contributed by atoms with Crippen LogP contribution in [0.1, 0.15) is 39.5 Å². The van der Waals surface area contributed by atoms with E-state index in [1.54, 1.807) is 0 Å². The average molecular weight is 474 g/mol. The highest BCUT2D eigenvalue weighted by atomic mass is 32.2. The summed E-state index contributed by atoms with van der Waals surface area (Å²) in [6, 6.07) is 5.58. The summed E-state index contributed by atoms with van der Waals surface area (Å²) < 4.78 is 19.7. The van der Waals surface area contributed by atoms with Crippen LogP contribution in [-0.4, -0.2) is 58.5 Å². The third-order valence-corrected chi connectivity index (χ3v) is 7.02. The first-order valence-electron chi connectivity index (χ1n) is 11.7. The number of thioether (sulfide) groups is 1. The van der Waals surface area contributed by atoms with Gasteiger partial charge < -0.3 is 24.4 Å². The number of nitrogens with zero attached hydrogens (tertiary/aromatic N) is 4. The lowest BCUT2D eigenvalue weighted by Gasteiger charge is -2.28. The van der Waals surface area contributed by atoms with Crippen molar-refractivity contribution < 1.29 is 19.0 Å². The van der Waals surface area contributed by atoms with E-state index in [2.05, 4.69) is 38.8 Å². The summed E-state index contributed by atoms with van der Waals surface area (Å²) in [5.74, 6) is 2.40. The topological polar surface area (TPSA) is 90.7 Å². The van der Waals surface area contributed by atoms with E-state index >= 15 is 0 Å². The van der Waals surface area contributed by atoms with E-state index in [1.165, 1.54) is 11.8 Å². The zero-order valence-corrected chi connectivity index (χ0v) is 20.0. The van der Waals surface area contributed by atoms with Crippen LogP contribution < -0.4 is 19.7 Å². The molecule has 3 aliphatic rings. The number of nitrogens with one attached hydrogen (secondary N) is 1. The largest absolute Gasteiger partial charge is 0.448 e. The van der Waals surface area contributed by atoms with Gasteiger partial charge in [-0.05, 0) is 30.9 Å². The predicted octanol–water partition coefficient (Wildman–Crippen LogP) is 3.54. The van der Waals surface area contributed by atoms with Crippen molar-refractivity contribution in [1.29, 1.82) is 0 Å². The molecule has 0 bridgehead atoms. The average Bonchev–Trinajstić information content (AvgIpc) is 3.51. The Morgan fingerprint density at radius 1 is 1.15 bits per heavy atom. The maximum absolute atomic E-state index is 12.7. The molecule has 178 valence electrons. The van der Waals surface area contributed by atoms with Crippen LogP contribution in [0.25, 0.3) is 0 Å². The van der Waals surface area contributed by atoms with Crippen molar-refractivity contribution in [3.8, 4) is 11.5 Å². The number of rotatable bonds is 7. The van der Waals surface area contributed by atoms with Crippen molar-refractivity contribution >= 4 is 29.3 Å². The van der Waals surface area contributed by atoms with Crippen LogP contribution in [0, 0.1) is 5.92 Å². The maximum atomic E-state index is 12.7. The van der Waals surface area contributed by atoms with E-state index in [9.17, 15) is 4.79 Å². The Kier molecular flexibility index (Phi) is 6.38. The minimum atomic E-state index is -0.500. The molecule has 33 heavy (non-hydrogen) atoms. The van der Waals surface area contributed by atoms with E-state index in [1.807, 2.05) is 18.2 Å². The van der Waals surface area contributed by atoms with Gasteiger partial charge in [-0.2, -0.15) is 0 Å². The molecule has 0 atom stereocenters. The Balaban J connectivity index is 1.21. The summed E-state index contributed by atoms with van der Waals surface area (Å²) in [5.41, 5.74) is 0.704. The van der Waals surface area contributed by atoms with Gasteiger partial charge in [0.25, 0.3) is 5.79 Å². The summed E-state index contributed by atoms with van der Waals surface area (Å²) in [4.78, 5) is 14.9. The molecule has 1 amide bonds. The Morgan fingerprint density at radius 3 is 2.67 bits per heavy atom. The number of hydrogen-bond acceptors (Lipinski definition) is 8. The molecule has 2 fully saturated rings. The molecular weight excluding hydrogens is 442 g/mol. The molecule has 1 aliphatic carbocycles. The molecule has 2 aromatic rings. The molecule has 1 spiro atoms. The van der Waals surface area contributed by atoms with Gasteiger partial charge in [-0.25, -0.2) is 0 Å². The second-order valence-corrected chi connectivity index (χ2v) is 10.1. The highest BCUT2D eigenvalue weighted by Gasteiger charge is 2.44. The summed E-state index contributed by atoms with van der Waals surface area (Å²) in [7, 11) is 0. The van der Waals surface area contributed by atoms with Crippen molar-refractivity contribution in [3.63, 3.8) is 0 Å². The zero-order chi connectivity index (χ0) is 22.8. The van der Waals surface area contributed by atoms with Gasteiger partial charge in [0.05, 0.1) is 19.0 Å². The molecule has 1 saturated carbocycles. The molecule has 10 heteroatoms. The summed E-state index contributed by atoms with van der Waals surface area (Å²) in [6.45, 7) is 8.11. The minimum absolute atomic E-state index is 0.0959. The third-order valence-electron chi connectivity index (χ3n) is 6.06. The number of carbonyl (C=O) groups is 1. The molecule has 1 aromatic heterocycles. The Hall–Kier alpha value is -2.46. The first kappa shape index (κ1) is 22.3. The number of ether oxygens (including phenoxy) is 3. The number of carbonyl (C=O) groups excluding carboxylic acids is 1. The number of amides is 1. The molecule has 5 rings (SSSR count). The summed E-state index contributed by atoms with van der Waals surface area (Å²) >= 11 is 1.41. The predicted molar refractivity (Wildman–Crippen MR) is 126 cm³/mol. The quantitative estimate of drug-likeness (QED) is 0.611. The van der Waals surface area contributed by atoms with E-state index in [0.717, 1.165) is 62.2 Å². The van der Waals surface area contributed by atoms with Gasteiger partial charge in [-0.1, -0.05) is 25.6 Å². The molecular formula is C23H31N5O4S. The number of fused-ring (bicyclic) bond motifs is 1. The fourth-order valence-corrected chi connectivity index (χ4v) is 5.27. The second kappa shape index (κ2) is 9.42. The van der Waals surface area contributed by atoms with Crippen molar-refractivity contribution in [2.24, 2.45) is 5.92 Å². The molecule has 1 N–H and O–H groups in total. The van der Waals surface area contributed by atoms with Crippen molar-refractivity contribution in [1.82, 2.24) is 14.8 Å². The molecule has 2 aliphatic heterocycles. The number of aromatic nitrogens is 3. The van der Waals surface area contributed by atoms with E-state index in [0.29, 0.717) is 30.6 Å². The third kappa shape index (κ3) is 4.91. The van der Waals surface area contributed by atoms with Crippen molar-refractivity contribution in [3.05, 3.63) is 18.2 Å². The van der Waals surface area contributed by atoms with Crippen LogP contribution in [0.15, 0.2) is 23.4 Å². The first-order chi connectivity index (χ1) is 16.0. The molecule has 1 aromatic carbocycles. The highest BCUT2D eigenvalue weighted by molar-refractivity contribution is 7.99. The van der Waals surface area contributed by atoms with Crippen LogP contribution in [0.4, 0.5) is 11.6 Å². The lowest BCUT2D eigenvalue weighted by atomic mass is 10.2. The zero-order valence-electron chi connectivity index (χ0n) is 19.2. The Morgan fingerprint density at radius 2 is 1.91 bits per heavy atom. The van der Waals surface area contributed by atoms with Gasteiger partial charge in [-0.3, -0.25) is 9.36 Å². The first-order valence-corrected chi connectivity index (χ1v) is 12.7. The highest BCUT2D eigenvalue weighted by Crippen LogP contribution is 2.47. The molecule has 3 heterocycles. The molecule has 9 nitrogen and oxygen atoms in total. The standard InChI is InChI=1S/C23H31N5O4S/c1-16(2)14-28-21(27-9-11-30-12-10-27)25-26-22(28)33-15-20(29)24-17-5-6-18-19(13-17)32-23(31-18)7-3-4-8-23/h5-6,13,16H,3-4,7-12,14-15H2,1-2H3,(H,24,29). The number of benzene rings is 1. The van der Waals surface area contributed by atoms with E-state index in [-0.39, 0.29) is 11.7 Å². The van der Waals surface area contributed by atoms with Crippen LogP contribution in [0.5, 0.6) is 11.5 Å². The normalized spacial score (nSPS) is 18.9. The van der Waals surface area contributed by atoms with Gasteiger partial charge in [0.1, 0.15) is 0 Å². The monoisotopic (exact) mass is 473 g/mol. The van der Waals surface area contributed by atoms with Crippen molar-refractivity contribution in [2.75, 3.05) is 42.3 Å². The van der Waals surface area contributed by atoms with Crippen molar-refractivity contribution in [2.45, 2.75) is 57.0 Å². The molecule has 1 saturated heterocycles. The van der Waals surface area contributed by atoms with Crippen LogP contribution >= 0.6 is 11.8 Å². The minimum Gasteiger partial charge on any atom is -0.448 e. The van der Waals surface area contributed by atoms with Crippen LogP contribution in [0.3, 0.4) is 0 Å². The number of hydrogen-bond donors (Lipinski definition) is 1. The molecule has 0 unspecified atom stereocenters. The fourth-order valence-electron chi connectivity index (χ4n) is 4.53. The van der Waals surface area contributed by atoms with Crippen LogP contribution in [-0.2, 0) is 16.1 Å². The second-order valence-electron chi connectivity index (χ2n) is 9.21. The van der Waals surface area contributed by atoms with E-state index in [4.69, 9.17) is 14.2 Å². The van der Waals surface area contributed by atoms with Gasteiger partial charge in [0.15, 0.2) is 16.7 Å². The SMILES string of the molecule is CC(C)Cn1c(SCC(=O)Nc2ccc3c(c2)OC2(CCCC2)O3)nnc1N1CCOCC1. The summed E-state index contributed by atoms with van der Waals surface area (Å²) in [6.07, 6.45) is 4.04. The lowest BCUT2D eigenvalue weighted by Crippen LogP contribution is -2.38. The smallest absolute Gasteiger partial charge is 0.251 e. The Bertz CT molecular complexity index is 999. The van der Waals surface area contributed by atoms with Gasteiger partial charge in [-0.15, -0.1) is 10.2 Å². The van der Waals surface area contributed by atoms with Gasteiger partial charge >= 0.3 is 0 Å².